The molecule has 23 heavy (non-hydrogen) atoms. The van der Waals surface area contributed by atoms with Gasteiger partial charge in [-0.1, -0.05) is 30.3 Å². The highest BCUT2D eigenvalue weighted by Crippen LogP contribution is 2.47. The van der Waals surface area contributed by atoms with Gasteiger partial charge in [0.15, 0.2) is 0 Å². The number of halogens is 3. The number of methoxy groups -OCH3 is 1. The summed E-state index contributed by atoms with van der Waals surface area (Å²) in [6.07, 6.45) is -4.88. The van der Waals surface area contributed by atoms with E-state index in [0.29, 0.717) is 11.4 Å². The lowest BCUT2D eigenvalue weighted by Crippen LogP contribution is -2.44. The molecule has 0 amide bonds. The van der Waals surface area contributed by atoms with Crippen LogP contribution in [-0.2, 0) is 5.60 Å². The molecule has 0 aromatic heterocycles. The van der Waals surface area contributed by atoms with Gasteiger partial charge in [-0.05, 0) is 23.8 Å². The first-order chi connectivity index (χ1) is 10.7. The molecule has 1 N–H and O–H groups in total. The number of rotatable bonds is 4. The summed E-state index contributed by atoms with van der Waals surface area (Å²) in [5.74, 6) is 0.416. The molecule has 1 atom stereocenters. The number of nitrogens with zero attached hydrogens (tertiary/aromatic N) is 1. The predicted octanol–water partition coefficient (Wildman–Crippen LogP) is 3.56. The molecule has 6 heteroatoms. The summed E-state index contributed by atoms with van der Waals surface area (Å²) >= 11 is 0. The second kappa shape index (κ2) is 6.12. The van der Waals surface area contributed by atoms with E-state index in [0.717, 1.165) is 0 Å². The van der Waals surface area contributed by atoms with Crippen LogP contribution in [0.2, 0.25) is 0 Å². The minimum atomic E-state index is -4.88. The molecule has 2 aromatic rings. The van der Waals surface area contributed by atoms with Gasteiger partial charge in [-0.25, -0.2) is 0 Å². The highest BCUT2D eigenvalue weighted by atomic mass is 19.4. The average molecular weight is 325 g/mol. The van der Waals surface area contributed by atoms with Crippen molar-refractivity contribution in [1.82, 2.24) is 0 Å². The van der Waals surface area contributed by atoms with Crippen LogP contribution in [0.15, 0.2) is 48.5 Å². The predicted molar refractivity (Wildman–Crippen MR) is 82.8 cm³/mol. The Labute approximate surface area is 132 Å². The van der Waals surface area contributed by atoms with E-state index in [1.54, 1.807) is 20.2 Å². The first kappa shape index (κ1) is 17.1. The summed E-state index contributed by atoms with van der Waals surface area (Å²) in [7, 11) is 4.68. The molecule has 0 heterocycles. The Morgan fingerprint density at radius 2 is 1.52 bits per heavy atom. The second-order valence-corrected chi connectivity index (χ2v) is 5.35. The van der Waals surface area contributed by atoms with E-state index in [1.165, 1.54) is 54.5 Å². The van der Waals surface area contributed by atoms with Gasteiger partial charge < -0.3 is 14.7 Å². The van der Waals surface area contributed by atoms with Crippen LogP contribution in [0.5, 0.6) is 5.75 Å². The third kappa shape index (κ3) is 2.99. The van der Waals surface area contributed by atoms with E-state index in [1.807, 2.05) is 0 Å². The van der Waals surface area contributed by atoms with Gasteiger partial charge in [0.25, 0.3) is 0 Å². The van der Waals surface area contributed by atoms with Crippen LogP contribution in [0.4, 0.5) is 18.9 Å². The van der Waals surface area contributed by atoms with Crippen LogP contribution in [-0.4, -0.2) is 32.5 Å². The van der Waals surface area contributed by atoms with E-state index in [9.17, 15) is 18.3 Å². The number of ether oxygens (including phenoxy) is 1. The maximum Gasteiger partial charge on any atom is 0.425 e. The second-order valence-electron chi connectivity index (χ2n) is 5.35. The molecule has 0 spiro atoms. The third-order valence-electron chi connectivity index (χ3n) is 3.69. The standard InChI is InChI=1S/C17H18F3NO2/c1-21(2)15-7-5-4-6-14(15)16(22,17(18,19)20)12-8-10-13(23-3)11-9-12/h4-11,22H,1-3H3. The molecule has 0 radical (unpaired) electrons. The van der Waals surface area contributed by atoms with Crippen molar-refractivity contribution >= 4 is 5.69 Å². The number of hydrogen-bond donors (Lipinski definition) is 1. The third-order valence-corrected chi connectivity index (χ3v) is 3.69. The van der Waals surface area contributed by atoms with Crippen molar-refractivity contribution in [3.8, 4) is 5.75 Å². The summed E-state index contributed by atoms with van der Waals surface area (Å²) in [6.45, 7) is 0. The summed E-state index contributed by atoms with van der Waals surface area (Å²) in [4.78, 5) is 1.54. The lowest BCUT2D eigenvalue weighted by atomic mass is 9.84. The van der Waals surface area contributed by atoms with Crippen molar-refractivity contribution in [2.45, 2.75) is 11.8 Å². The van der Waals surface area contributed by atoms with Crippen LogP contribution in [0.3, 0.4) is 0 Å². The minimum absolute atomic E-state index is 0.220. The van der Waals surface area contributed by atoms with E-state index in [4.69, 9.17) is 4.74 Å². The molecule has 0 aliphatic heterocycles. The van der Waals surface area contributed by atoms with Crippen molar-refractivity contribution in [2.75, 3.05) is 26.1 Å². The molecule has 3 nitrogen and oxygen atoms in total. The molecule has 1 unspecified atom stereocenters. The topological polar surface area (TPSA) is 32.7 Å². The first-order valence-corrected chi connectivity index (χ1v) is 6.92. The monoisotopic (exact) mass is 325 g/mol. The zero-order valence-electron chi connectivity index (χ0n) is 13.1. The highest BCUT2D eigenvalue weighted by Gasteiger charge is 2.57. The molecule has 0 bridgehead atoms. The van der Waals surface area contributed by atoms with Crippen molar-refractivity contribution in [3.05, 3.63) is 59.7 Å². The Balaban J connectivity index is 2.70. The summed E-state index contributed by atoms with van der Waals surface area (Å²) < 4.78 is 46.4. The molecule has 2 rings (SSSR count). The molecular weight excluding hydrogens is 307 g/mol. The summed E-state index contributed by atoms with van der Waals surface area (Å²) in [5, 5.41) is 10.7. The van der Waals surface area contributed by atoms with Crippen molar-refractivity contribution in [2.24, 2.45) is 0 Å². The molecular formula is C17H18F3NO2. The quantitative estimate of drug-likeness (QED) is 0.933. The van der Waals surface area contributed by atoms with Crippen LogP contribution in [0, 0.1) is 0 Å². The van der Waals surface area contributed by atoms with E-state index >= 15 is 0 Å². The van der Waals surface area contributed by atoms with Crippen molar-refractivity contribution in [3.63, 3.8) is 0 Å². The van der Waals surface area contributed by atoms with Crippen LogP contribution in [0.1, 0.15) is 11.1 Å². The normalized spacial score (nSPS) is 14.2. The Kier molecular flexibility index (Phi) is 4.56. The van der Waals surface area contributed by atoms with Gasteiger partial charge in [-0.3, -0.25) is 0 Å². The van der Waals surface area contributed by atoms with Crippen LogP contribution in [0.25, 0.3) is 0 Å². The highest BCUT2D eigenvalue weighted by molar-refractivity contribution is 5.58. The van der Waals surface area contributed by atoms with E-state index < -0.39 is 11.8 Å². The molecule has 0 fully saturated rings. The maximum atomic E-state index is 13.8. The molecule has 0 saturated carbocycles. The van der Waals surface area contributed by atoms with Gasteiger partial charge in [0.1, 0.15) is 5.75 Å². The smallest absolute Gasteiger partial charge is 0.425 e. The Bertz CT molecular complexity index is 668. The van der Waals surface area contributed by atoms with Gasteiger partial charge in [0, 0.05) is 25.3 Å². The zero-order valence-corrected chi connectivity index (χ0v) is 13.1. The van der Waals surface area contributed by atoms with Crippen LogP contribution < -0.4 is 9.64 Å². The van der Waals surface area contributed by atoms with Gasteiger partial charge in [-0.15, -0.1) is 0 Å². The fraction of sp³-hybridized carbons (Fsp3) is 0.294. The maximum absolute atomic E-state index is 13.8. The minimum Gasteiger partial charge on any atom is -0.497 e. The fourth-order valence-corrected chi connectivity index (χ4v) is 2.47. The van der Waals surface area contributed by atoms with E-state index in [2.05, 4.69) is 0 Å². The average Bonchev–Trinajstić information content (AvgIpc) is 2.53. The number of benzene rings is 2. The number of alkyl halides is 3. The SMILES string of the molecule is COc1ccc(C(O)(c2ccccc2N(C)C)C(F)(F)F)cc1. The molecule has 0 aliphatic carbocycles. The van der Waals surface area contributed by atoms with Crippen molar-refractivity contribution in [1.29, 1.82) is 0 Å². The molecule has 0 aliphatic rings. The van der Waals surface area contributed by atoms with Crippen molar-refractivity contribution < 1.29 is 23.0 Å². The van der Waals surface area contributed by atoms with Crippen LogP contribution >= 0.6 is 0 Å². The zero-order chi connectivity index (χ0) is 17.3. The summed E-state index contributed by atoms with van der Waals surface area (Å²) in [6, 6.07) is 11.2. The molecule has 2 aromatic carbocycles. The number of aliphatic hydroxyl groups is 1. The Morgan fingerprint density at radius 1 is 0.957 bits per heavy atom. The lowest BCUT2D eigenvalue weighted by molar-refractivity contribution is -0.248. The number of para-hydroxylation sites is 1. The van der Waals surface area contributed by atoms with Gasteiger partial charge in [0.2, 0.25) is 5.60 Å². The fourth-order valence-electron chi connectivity index (χ4n) is 2.47. The Hall–Kier alpha value is -2.21. The largest absolute Gasteiger partial charge is 0.497 e. The van der Waals surface area contributed by atoms with E-state index in [-0.39, 0.29) is 11.1 Å². The van der Waals surface area contributed by atoms with Gasteiger partial charge >= 0.3 is 6.18 Å². The number of hydrogen-bond acceptors (Lipinski definition) is 3. The lowest BCUT2D eigenvalue weighted by Gasteiger charge is -2.34. The summed E-state index contributed by atoms with van der Waals surface area (Å²) in [5.41, 5.74) is -3.30. The number of anilines is 1. The Morgan fingerprint density at radius 3 is 2.00 bits per heavy atom. The van der Waals surface area contributed by atoms with Gasteiger partial charge in [-0.2, -0.15) is 13.2 Å². The molecule has 0 saturated heterocycles. The molecule has 124 valence electrons. The van der Waals surface area contributed by atoms with Gasteiger partial charge in [0.05, 0.1) is 7.11 Å². The first-order valence-electron chi connectivity index (χ1n) is 6.92.